The van der Waals surface area contributed by atoms with Gasteiger partial charge in [-0.3, -0.25) is 4.79 Å². The second-order valence-corrected chi connectivity index (χ2v) is 8.56. The predicted octanol–water partition coefficient (Wildman–Crippen LogP) is 2.00. The fourth-order valence-electron chi connectivity index (χ4n) is 1.88. The Kier molecular flexibility index (Phi) is 6.37. The lowest BCUT2D eigenvalue weighted by atomic mass is 9.87. The normalized spacial score (nSPS) is 16.2. The highest BCUT2D eigenvalue weighted by molar-refractivity contribution is 7.89. The molecule has 1 aliphatic carbocycles. The summed E-state index contributed by atoms with van der Waals surface area (Å²) in [5.74, 6) is -1.32. The van der Waals surface area contributed by atoms with E-state index >= 15 is 0 Å². The van der Waals surface area contributed by atoms with Crippen molar-refractivity contribution in [3.05, 3.63) is 24.0 Å². The van der Waals surface area contributed by atoms with E-state index in [1.807, 2.05) is 20.8 Å². The van der Waals surface area contributed by atoms with Crippen molar-refractivity contribution >= 4 is 34.0 Å². The highest BCUT2D eigenvalue weighted by Gasteiger charge is 2.31. The number of anilines is 1. The lowest BCUT2D eigenvalue weighted by Crippen LogP contribution is -2.45. The van der Waals surface area contributed by atoms with Gasteiger partial charge in [0.1, 0.15) is 10.7 Å². The summed E-state index contributed by atoms with van der Waals surface area (Å²) in [7, 11) is -3.94. The molecule has 6 nitrogen and oxygen atoms in total. The van der Waals surface area contributed by atoms with E-state index in [9.17, 15) is 17.6 Å². The Labute approximate surface area is 147 Å². The summed E-state index contributed by atoms with van der Waals surface area (Å²) >= 11 is 0. The van der Waals surface area contributed by atoms with Crippen LogP contribution < -0.4 is 15.8 Å². The van der Waals surface area contributed by atoms with Crippen LogP contribution in [0.3, 0.4) is 0 Å². The average molecular weight is 380 g/mol. The smallest absolute Gasteiger partial charge is 0.243 e. The van der Waals surface area contributed by atoms with Gasteiger partial charge in [0.15, 0.2) is 0 Å². The molecule has 136 valence electrons. The number of nitrogens with one attached hydrogen (secondary N) is 2. The predicted molar refractivity (Wildman–Crippen MR) is 93.1 cm³/mol. The zero-order chi connectivity index (χ0) is 17.4. The number of nitrogens with two attached hydrogens (primary N) is 1. The first-order chi connectivity index (χ1) is 10.5. The molecule has 0 saturated heterocycles. The number of hydrogen-bond donors (Lipinski definition) is 3. The average Bonchev–Trinajstić information content (AvgIpc) is 3.22. The Bertz CT molecular complexity index is 715. The Morgan fingerprint density at radius 2 is 1.92 bits per heavy atom. The molecule has 4 N–H and O–H groups in total. The van der Waals surface area contributed by atoms with Crippen LogP contribution in [-0.2, 0) is 14.8 Å². The Morgan fingerprint density at radius 3 is 2.42 bits per heavy atom. The Balaban J connectivity index is 0.00000288. The zero-order valence-electron chi connectivity index (χ0n) is 13.8. The third kappa shape index (κ3) is 5.14. The van der Waals surface area contributed by atoms with Gasteiger partial charge in [-0.1, -0.05) is 20.8 Å². The highest BCUT2D eigenvalue weighted by atomic mass is 35.5. The van der Waals surface area contributed by atoms with Gasteiger partial charge in [-0.2, -0.15) is 0 Å². The molecule has 2 rings (SSSR count). The van der Waals surface area contributed by atoms with Crippen molar-refractivity contribution in [1.29, 1.82) is 0 Å². The van der Waals surface area contributed by atoms with Gasteiger partial charge in [0.05, 0.1) is 6.04 Å². The van der Waals surface area contributed by atoms with E-state index in [1.165, 1.54) is 6.07 Å². The van der Waals surface area contributed by atoms with Gasteiger partial charge in [-0.25, -0.2) is 17.5 Å². The lowest BCUT2D eigenvalue weighted by Gasteiger charge is -2.25. The largest absolute Gasteiger partial charge is 0.325 e. The van der Waals surface area contributed by atoms with Gasteiger partial charge in [0.2, 0.25) is 15.9 Å². The first kappa shape index (κ1) is 20.8. The quantitative estimate of drug-likeness (QED) is 0.728. The van der Waals surface area contributed by atoms with E-state index in [-0.39, 0.29) is 24.1 Å². The molecule has 9 heteroatoms. The molecule has 0 radical (unpaired) electrons. The SMILES string of the molecule is CC(C)(C)[C@H](N)C(=O)Nc1ccc(F)c(S(=O)(=O)NC2CC2)c1.Cl. The number of sulfonamides is 1. The summed E-state index contributed by atoms with van der Waals surface area (Å²) in [5, 5.41) is 2.53. The molecule has 1 aromatic carbocycles. The van der Waals surface area contributed by atoms with Gasteiger partial charge in [-0.05, 0) is 36.5 Å². The number of hydrogen-bond acceptors (Lipinski definition) is 4. The maximum atomic E-state index is 13.9. The van der Waals surface area contributed by atoms with Gasteiger partial charge in [0, 0.05) is 11.7 Å². The van der Waals surface area contributed by atoms with Gasteiger partial charge in [-0.15, -0.1) is 12.4 Å². The summed E-state index contributed by atoms with van der Waals surface area (Å²) in [6.07, 6.45) is 1.50. The van der Waals surface area contributed by atoms with E-state index in [0.717, 1.165) is 25.0 Å². The monoisotopic (exact) mass is 379 g/mol. The number of rotatable bonds is 5. The molecular weight excluding hydrogens is 357 g/mol. The van der Waals surface area contributed by atoms with Crippen molar-refractivity contribution in [1.82, 2.24) is 4.72 Å². The Morgan fingerprint density at radius 1 is 1.33 bits per heavy atom. The minimum absolute atomic E-state index is 0. The van der Waals surface area contributed by atoms with Crippen LogP contribution in [0.5, 0.6) is 0 Å². The molecular formula is C15H23ClFN3O3S. The fraction of sp³-hybridized carbons (Fsp3) is 0.533. The molecule has 0 spiro atoms. The van der Waals surface area contributed by atoms with Crippen LogP contribution in [0.15, 0.2) is 23.1 Å². The van der Waals surface area contributed by atoms with E-state index < -0.39 is 38.1 Å². The minimum Gasteiger partial charge on any atom is -0.325 e. The molecule has 1 fully saturated rings. The van der Waals surface area contributed by atoms with Crippen molar-refractivity contribution in [3.8, 4) is 0 Å². The number of carbonyl (C=O) groups excluding carboxylic acids is 1. The standard InChI is InChI=1S/C15H22FN3O3S.ClH/c1-15(2,3)13(17)14(20)18-10-6-7-11(16)12(8-10)23(21,22)19-9-4-5-9;/h6-9,13,19H,4-5,17H2,1-3H3,(H,18,20);1H/t13-;/m1./s1. The molecule has 1 atom stereocenters. The van der Waals surface area contributed by atoms with E-state index in [1.54, 1.807) is 0 Å². The van der Waals surface area contributed by atoms with Crippen LogP contribution in [0.1, 0.15) is 33.6 Å². The minimum atomic E-state index is -3.94. The van der Waals surface area contributed by atoms with Crippen LogP contribution in [0.25, 0.3) is 0 Å². The third-order valence-electron chi connectivity index (χ3n) is 3.60. The van der Waals surface area contributed by atoms with Gasteiger partial charge >= 0.3 is 0 Å². The van der Waals surface area contributed by atoms with E-state index in [0.29, 0.717) is 0 Å². The summed E-state index contributed by atoms with van der Waals surface area (Å²) in [6.45, 7) is 5.45. The van der Waals surface area contributed by atoms with Crippen molar-refractivity contribution in [2.45, 2.75) is 50.6 Å². The first-order valence-corrected chi connectivity index (χ1v) is 8.87. The molecule has 0 aromatic heterocycles. The maximum Gasteiger partial charge on any atom is 0.243 e. The van der Waals surface area contributed by atoms with Crippen LogP contribution >= 0.6 is 12.4 Å². The number of benzene rings is 1. The topological polar surface area (TPSA) is 101 Å². The van der Waals surface area contributed by atoms with Crippen LogP contribution in [-0.4, -0.2) is 26.4 Å². The summed E-state index contributed by atoms with van der Waals surface area (Å²) < 4.78 is 40.6. The number of halogens is 2. The molecule has 1 aromatic rings. The molecule has 1 saturated carbocycles. The zero-order valence-corrected chi connectivity index (χ0v) is 15.4. The van der Waals surface area contributed by atoms with E-state index in [2.05, 4.69) is 10.0 Å². The van der Waals surface area contributed by atoms with Crippen LogP contribution in [0, 0.1) is 11.2 Å². The Hall–Kier alpha value is -1.22. The van der Waals surface area contributed by atoms with Crippen molar-refractivity contribution < 1.29 is 17.6 Å². The van der Waals surface area contributed by atoms with Crippen LogP contribution in [0.4, 0.5) is 10.1 Å². The summed E-state index contributed by atoms with van der Waals surface area (Å²) in [5.41, 5.74) is 5.59. The van der Waals surface area contributed by atoms with Crippen LogP contribution in [0.2, 0.25) is 0 Å². The second kappa shape index (κ2) is 7.35. The molecule has 1 amide bonds. The molecule has 24 heavy (non-hydrogen) atoms. The lowest BCUT2D eigenvalue weighted by molar-refractivity contribution is -0.119. The molecule has 1 aliphatic rings. The van der Waals surface area contributed by atoms with E-state index in [4.69, 9.17) is 5.73 Å². The summed E-state index contributed by atoms with van der Waals surface area (Å²) in [6, 6.07) is 2.51. The fourth-order valence-corrected chi connectivity index (χ4v) is 3.29. The maximum absolute atomic E-state index is 13.9. The molecule has 0 heterocycles. The summed E-state index contributed by atoms with van der Waals surface area (Å²) in [4.78, 5) is 11.6. The molecule has 0 bridgehead atoms. The van der Waals surface area contributed by atoms with Crippen molar-refractivity contribution in [2.24, 2.45) is 11.1 Å². The number of amides is 1. The van der Waals surface area contributed by atoms with Gasteiger partial charge in [0.25, 0.3) is 0 Å². The highest BCUT2D eigenvalue weighted by Crippen LogP contribution is 2.25. The third-order valence-corrected chi connectivity index (χ3v) is 5.14. The molecule has 0 aliphatic heterocycles. The number of carbonyl (C=O) groups is 1. The molecule has 0 unspecified atom stereocenters. The first-order valence-electron chi connectivity index (χ1n) is 7.39. The second-order valence-electron chi connectivity index (χ2n) is 6.87. The van der Waals surface area contributed by atoms with Gasteiger partial charge < -0.3 is 11.1 Å². The van der Waals surface area contributed by atoms with Crippen molar-refractivity contribution in [3.63, 3.8) is 0 Å². The van der Waals surface area contributed by atoms with Crippen molar-refractivity contribution in [2.75, 3.05) is 5.32 Å².